The van der Waals surface area contributed by atoms with Gasteiger partial charge in [0, 0.05) is 29.4 Å². The molecule has 32 heavy (non-hydrogen) atoms. The quantitative estimate of drug-likeness (QED) is 0.546. The zero-order valence-electron chi connectivity index (χ0n) is 18.2. The Morgan fingerprint density at radius 3 is 2.62 bits per heavy atom. The van der Waals surface area contributed by atoms with Crippen LogP contribution in [-0.2, 0) is 10.5 Å². The van der Waals surface area contributed by atoms with Crippen LogP contribution >= 0.6 is 10.6 Å². The fourth-order valence-electron chi connectivity index (χ4n) is 4.22. The lowest BCUT2D eigenvalue weighted by Crippen LogP contribution is -2.44. The van der Waals surface area contributed by atoms with Gasteiger partial charge in [-0.2, -0.15) is 10.6 Å². The molecular weight excluding hydrogens is 430 g/mol. The number of hydrogen-bond acceptors (Lipinski definition) is 7. The molecule has 5 rings (SSSR count). The first-order valence-electron chi connectivity index (χ1n) is 11.0. The molecule has 2 amide bonds. The summed E-state index contributed by atoms with van der Waals surface area (Å²) in [6.07, 6.45) is 2.07. The summed E-state index contributed by atoms with van der Waals surface area (Å²) in [5, 5.41) is 5.34. The summed E-state index contributed by atoms with van der Waals surface area (Å²) in [5.74, 6) is 1.44. The molecule has 2 aliphatic heterocycles. The summed E-state index contributed by atoms with van der Waals surface area (Å²) in [4.78, 5) is 23.8. The first-order chi connectivity index (χ1) is 15.3. The lowest BCUT2D eigenvalue weighted by atomic mass is 10.1. The molecule has 1 aliphatic carbocycles. The van der Waals surface area contributed by atoms with E-state index in [1.165, 1.54) is 0 Å². The van der Waals surface area contributed by atoms with E-state index in [0.29, 0.717) is 43.0 Å². The summed E-state index contributed by atoms with van der Waals surface area (Å²) in [6.45, 7) is 5.81. The van der Waals surface area contributed by atoms with Crippen molar-refractivity contribution >= 4 is 28.1 Å². The van der Waals surface area contributed by atoms with E-state index in [0.717, 1.165) is 29.8 Å². The SMILES string of the molecule is CC1c2c(nc(-c3ccc(NC(=O)NC4CC4)cc3)nc2N2CCOC[C@H]2C)CS1(O)O. The minimum Gasteiger partial charge on any atom is -0.377 e. The summed E-state index contributed by atoms with van der Waals surface area (Å²) >= 11 is 0. The number of amides is 2. The monoisotopic (exact) mass is 459 g/mol. The number of urea groups is 1. The molecule has 1 saturated heterocycles. The van der Waals surface area contributed by atoms with Crippen molar-refractivity contribution in [2.24, 2.45) is 0 Å². The van der Waals surface area contributed by atoms with E-state index in [9.17, 15) is 13.9 Å². The van der Waals surface area contributed by atoms with Crippen molar-refractivity contribution in [3.8, 4) is 11.4 Å². The Labute approximate surface area is 188 Å². The Kier molecular flexibility index (Phi) is 5.48. The fraction of sp³-hybridized carbons (Fsp3) is 0.500. The summed E-state index contributed by atoms with van der Waals surface area (Å²) in [6, 6.07) is 7.62. The zero-order chi connectivity index (χ0) is 22.5. The maximum absolute atomic E-state index is 12.0. The number of hydrogen-bond donors (Lipinski definition) is 4. The topological polar surface area (TPSA) is 120 Å². The highest BCUT2D eigenvalue weighted by atomic mass is 32.3. The van der Waals surface area contributed by atoms with Gasteiger partial charge < -0.3 is 20.3 Å². The van der Waals surface area contributed by atoms with Crippen molar-refractivity contribution in [3.63, 3.8) is 0 Å². The average Bonchev–Trinajstić information content (AvgIpc) is 3.53. The number of benzene rings is 1. The van der Waals surface area contributed by atoms with Crippen LogP contribution in [0.15, 0.2) is 24.3 Å². The minimum atomic E-state index is -2.80. The minimum absolute atomic E-state index is 0.127. The third-order valence-corrected chi connectivity index (χ3v) is 8.35. The molecule has 3 heterocycles. The van der Waals surface area contributed by atoms with Gasteiger partial charge in [0.05, 0.1) is 36.0 Å². The van der Waals surface area contributed by atoms with Crippen LogP contribution in [0.2, 0.25) is 0 Å². The molecule has 2 fully saturated rings. The van der Waals surface area contributed by atoms with Gasteiger partial charge >= 0.3 is 6.03 Å². The number of carbonyl (C=O) groups excluding carboxylic acids is 1. The Bertz CT molecular complexity index is 1030. The van der Waals surface area contributed by atoms with Gasteiger partial charge in [-0.1, -0.05) is 0 Å². The molecule has 1 unspecified atom stereocenters. The Hall–Kier alpha value is -2.40. The maximum Gasteiger partial charge on any atom is 0.319 e. The highest BCUT2D eigenvalue weighted by Crippen LogP contribution is 2.63. The van der Waals surface area contributed by atoms with Crippen molar-refractivity contribution < 1.29 is 18.6 Å². The summed E-state index contributed by atoms with van der Waals surface area (Å²) in [7, 11) is -2.80. The fourth-order valence-corrected chi connectivity index (χ4v) is 5.71. The number of anilines is 2. The van der Waals surface area contributed by atoms with Gasteiger partial charge in [-0.15, -0.1) is 0 Å². The van der Waals surface area contributed by atoms with E-state index in [-0.39, 0.29) is 17.8 Å². The van der Waals surface area contributed by atoms with E-state index < -0.39 is 15.8 Å². The van der Waals surface area contributed by atoms with Crippen molar-refractivity contribution in [2.75, 3.05) is 30.0 Å². The highest BCUT2D eigenvalue weighted by molar-refractivity contribution is 8.24. The van der Waals surface area contributed by atoms with E-state index in [1.54, 1.807) is 0 Å². The number of nitrogens with one attached hydrogen (secondary N) is 2. The highest BCUT2D eigenvalue weighted by Gasteiger charge is 2.40. The van der Waals surface area contributed by atoms with Crippen molar-refractivity contribution in [3.05, 3.63) is 35.5 Å². The van der Waals surface area contributed by atoms with Crippen molar-refractivity contribution in [2.45, 2.75) is 49.8 Å². The molecule has 2 atom stereocenters. The lowest BCUT2D eigenvalue weighted by molar-refractivity contribution is 0.0984. The molecule has 172 valence electrons. The molecule has 9 nitrogen and oxygen atoms in total. The number of aromatic nitrogens is 2. The zero-order valence-corrected chi connectivity index (χ0v) is 19.1. The number of ether oxygens (including phenoxy) is 1. The van der Waals surface area contributed by atoms with Crippen LogP contribution in [-0.4, -0.2) is 56.9 Å². The Morgan fingerprint density at radius 1 is 1.19 bits per heavy atom. The van der Waals surface area contributed by atoms with Gasteiger partial charge in [-0.3, -0.25) is 9.11 Å². The number of fused-ring (bicyclic) bond motifs is 1. The van der Waals surface area contributed by atoms with Crippen LogP contribution in [0.4, 0.5) is 16.3 Å². The Balaban J connectivity index is 1.46. The first kappa shape index (κ1) is 21.4. The molecule has 2 aromatic rings. The second-order valence-electron chi connectivity index (χ2n) is 8.80. The van der Waals surface area contributed by atoms with Gasteiger partial charge in [-0.05, 0) is 51.0 Å². The van der Waals surface area contributed by atoms with Crippen LogP contribution in [0, 0.1) is 0 Å². The molecule has 1 aromatic carbocycles. The molecule has 1 saturated carbocycles. The maximum atomic E-state index is 12.0. The molecule has 4 N–H and O–H groups in total. The molecule has 0 radical (unpaired) electrons. The van der Waals surface area contributed by atoms with Crippen LogP contribution in [0.25, 0.3) is 11.4 Å². The predicted molar refractivity (Wildman–Crippen MR) is 125 cm³/mol. The lowest BCUT2D eigenvalue weighted by Gasteiger charge is -2.37. The van der Waals surface area contributed by atoms with E-state index in [2.05, 4.69) is 22.5 Å². The number of carbonyl (C=O) groups is 1. The molecule has 1 aromatic heterocycles. The summed E-state index contributed by atoms with van der Waals surface area (Å²) in [5.41, 5.74) is 3.02. The normalized spacial score (nSPS) is 25.2. The Morgan fingerprint density at radius 2 is 1.94 bits per heavy atom. The standard InChI is InChI=1S/C22H29N5O4S/c1-13-11-31-10-9-27(13)21-19-14(2)32(29,30)12-18(19)25-20(26-21)15-3-5-16(6-4-15)23-22(28)24-17-7-8-17/h3-6,13-14,17,29-30H,7-12H2,1-2H3,(H2,23,24,28)/t13-,14?/m1/s1. The first-order valence-corrected chi connectivity index (χ1v) is 12.8. The predicted octanol–water partition coefficient (Wildman–Crippen LogP) is 3.98. The number of morpholine rings is 1. The number of nitrogens with zero attached hydrogens (tertiary/aromatic N) is 3. The molecule has 3 aliphatic rings. The number of rotatable bonds is 4. The van der Waals surface area contributed by atoms with Crippen molar-refractivity contribution in [1.29, 1.82) is 0 Å². The summed E-state index contributed by atoms with van der Waals surface area (Å²) < 4.78 is 26.8. The van der Waals surface area contributed by atoms with Crippen LogP contribution < -0.4 is 15.5 Å². The second kappa shape index (κ2) is 8.18. The van der Waals surface area contributed by atoms with Gasteiger partial charge in [-0.25, -0.2) is 14.8 Å². The largest absolute Gasteiger partial charge is 0.377 e. The van der Waals surface area contributed by atoms with Gasteiger partial charge in [0.2, 0.25) is 0 Å². The molecule has 0 spiro atoms. The van der Waals surface area contributed by atoms with Crippen molar-refractivity contribution in [1.82, 2.24) is 15.3 Å². The van der Waals surface area contributed by atoms with E-state index in [4.69, 9.17) is 14.7 Å². The van der Waals surface area contributed by atoms with Crippen LogP contribution in [0.5, 0.6) is 0 Å². The average molecular weight is 460 g/mol. The van der Waals surface area contributed by atoms with Gasteiger partial charge in [0.1, 0.15) is 5.82 Å². The third kappa shape index (κ3) is 4.15. The van der Waals surface area contributed by atoms with Crippen LogP contribution in [0.1, 0.15) is 43.2 Å². The van der Waals surface area contributed by atoms with Crippen LogP contribution in [0.3, 0.4) is 0 Å². The molecular formula is C22H29N5O4S. The molecule has 10 heteroatoms. The van der Waals surface area contributed by atoms with E-state index in [1.807, 2.05) is 31.2 Å². The van der Waals surface area contributed by atoms with Gasteiger partial charge in [0.25, 0.3) is 0 Å². The smallest absolute Gasteiger partial charge is 0.319 e. The molecule has 0 bridgehead atoms. The van der Waals surface area contributed by atoms with E-state index >= 15 is 0 Å². The van der Waals surface area contributed by atoms with Gasteiger partial charge in [0.15, 0.2) is 5.82 Å². The third-order valence-electron chi connectivity index (χ3n) is 6.28. The second-order valence-corrected chi connectivity index (χ2v) is 11.2.